The molecule has 0 saturated carbocycles. The number of rotatable bonds is 5. The smallest absolute Gasteiger partial charge is 0.246 e. The molecule has 0 radical (unpaired) electrons. The molecule has 0 aromatic heterocycles. The Balaban J connectivity index is 2.19. The highest BCUT2D eigenvalue weighted by Gasteiger charge is 2.46. The Hall–Kier alpha value is -0.710. The number of piperidine rings is 1. The van der Waals surface area contributed by atoms with Crippen LogP contribution >= 0.6 is 11.8 Å². The van der Waals surface area contributed by atoms with E-state index in [9.17, 15) is 9.59 Å². The monoisotopic (exact) mass is 298 g/mol. The van der Waals surface area contributed by atoms with Gasteiger partial charge in [0.15, 0.2) is 0 Å². The number of carbonyl (C=O) groups is 2. The van der Waals surface area contributed by atoms with E-state index in [4.69, 9.17) is 0 Å². The molecule has 2 saturated heterocycles. The van der Waals surface area contributed by atoms with Crippen LogP contribution < -0.4 is 0 Å². The molecule has 2 rings (SSSR count). The summed E-state index contributed by atoms with van der Waals surface area (Å²) in [5.74, 6) is 1.39. The van der Waals surface area contributed by atoms with Crippen molar-refractivity contribution in [3.8, 4) is 0 Å². The molecule has 2 heterocycles. The van der Waals surface area contributed by atoms with Gasteiger partial charge in [-0.05, 0) is 51.0 Å². The minimum absolute atomic E-state index is 0.160. The third-order valence-electron chi connectivity index (χ3n) is 4.55. The van der Waals surface area contributed by atoms with Crippen LogP contribution in [0.5, 0.6) is 0 Å². The van der Waals surface area contributed by atoms with Crippen molar-refractivity contribution in [3.05, 3.63) is 0 Å². The number of amides is 2. The Morgan fingerprint density at radius 3 is 2.70 bits per heavy atom. The van der Waals surface area contributed by atoms with E-state index in [2.05, 4.69) is 13.2 Å². The summed E-state index contributed by atoms with van der Waals surface area (Å²) in [4.78, 5) is 29.2. The topological polar surface area (TPSA) is 40.6 Å². The molecular formula is C15H26N2O2S. The highest BCUT2D eigenvalue weighted by atomic mass is 32.2. The highest BCUT2D eigenvalue weighted by molar-refractivity contribution is 7.98. The summed E-state index contributed by atoms with van der Waals surface area (Å²) in [5, 5.41) is 0. The van der Waals surface area contributed by atoms with Crippen LogP contribution in [0.3, 0.4) is 0 Å². The molecule has 0 N–H and O–H groups in total. The zero-order chi connectivity index (χ0) is 14.7. The first-order valence-electron chi connectivity index (χ1n) is 7.73. The van der Waals surface area contributed by atoms with Gasteiger partial charge in [-0.25, -0.2) is 0 Å². The van der Waals surface area contributed by atoms with Gasteiger partial charge in [-0.15, -0.1) is 0 Å². The van der Waals surface area contributed by atoms with E-state index in [1.54, 1.807) is 11.8 Å². The van der Waals surface area contributed by atoms with Crippen molar-refractivity contribution in [1.29, 1.82) is 0 Å². The third-order valence-corrected chi connectivity index (χ3v) is 5.19. The van der Waals surface area contributed by atoms with E-state index in [1.165, 1.54) is 0 Å². The largest absolute Gasteiger partial charge is 0.329 e. The zero-order valence-electron chi connectivity index (χ0n) is 12.8. The number of fused-ring (bicyclic) bond motifs is 1. The second-order valence-corrected chi connectivity index (χ2v) is 6.83. The van der Waals surface area contributed by atoms with Crippen molar-refractivity contribution in [2.24, 2.45) is 0 Å². The molecule has 2 aliphatic heterocycles. The van der Waals surface area contributed by atoms with Crippen molar-refractivity contribution < 1.29 is 9.59 Å². The van der Waals surface area contributed by atoms with Gasteiger partial charge in [-0.3, -0.25) is 9.59 Å². The van der Waals surface area contributed by atoms with Crippen molar-refractivity contribution >= 4 is 23.6 Å². The van der Waals surface area contributed by atoms with Crippen LogP contribution in [0.2, 0.25) is 0 Å². The molecule has 0 aromatic carbocycles. The second kappa shape index (κ2) is 6.83. The van der Waals surface area contributed by atoms with E-state index in [1.807, 2.05) is 16.7 Å². The maximum absolute atomic E-state index is 12.8. The van der Waals surface area contributed by atoms with Gasteiger partial charge in [0.05, 0.1) is 0 Å². The Morgan fingerprint density at radius 2 is 2.05 bits per heavy atom. The number of thioether (sulfide) groups is 1. The Bertz CT molecular complexity index is 375. The van der Waals surface area contributed by atoms with Crippen molar-refractivity contribution in [2.45, 2.75) is 64.1 Å². The summed E-state index contributed by atoms with van der Waals surface area (Å²) in [6.07, 6.45) is 6.70. The average molecular weight is 298 g/mol. The lowest BCUT2D eigenvalue weighted by molar-refractivity contribution is -0.166. The van der Waals surface area contributed by atoms with Gasteiger partial charge >= 0.3 is 0 Å². The van der Waals surface area contributed by atoms with Gasteiger partial charge in [0.2, 0.25) is 11.8 Å². The molecule has 0 spiro atoms. The minimum Gasteiger partial charge on any atom is -0.329 e. The quantitative estimate of drug-likeness (QED) is 0.781. The van der Waals surface area contributed by atoms with Crippen LogP contribution in [-0.2, 0) is 9.59 Å². The van der Waals surface area contributed by atoms with Crippen LogP contribution in [0.25, 0.3) is 0 Å². The molecular weight excluding hydrogens is 272 g/mol. The van der Waals surface area contributed by atoms with Crippen LogP contribution in [0.1, 0.15) is 46.0 Å². The first-order chi connectivity index (χ1) is 9.61. The molecule has 3 unspecified atom stereocenters. The molecule has 5 heteroatoms. The molecule has 0 aliphatic carbocycles. The third kappa shape index (κ3) is 2.83. The molecule has 0 aromatic rings. The maximum atomic E-state index is 12.8. The van der Waals surface area contributed by atoms with E-state index in [-0.39, 0.29) is 29.9 Å². The summed E-state index contributed by atoms with van der Waals surface area (Å²) in [6.45, 7) is 4.86. The summed E-state index contributed by atoms with van der Waals surface area (Å²) >= 11 is 1.79. The van der Waals surface area contributed by atoms with Crippen molar-refractivity contribution in [1.82, 2.24) is 9.80 Å². The van der Waals surface area contributed by atoms with Gasteiger partial charge in [0.1, 0.15) is 12.1 Å². The molecule has 2 fully saturated rings. The molecule has 2 aliphatic rings. The van der Waals surface area contributed by atoms with Gasteiger partial charge < -0.3 is 9.80 Å². The first kappa shape index (κ1) is 15.7. The minimum atomic E-state index is -0.242. The molecule has 0 bridgehead atoms. The van der Waals surface area contributed by atoms with Gasteiger partial charge in [-0.2, -0.15) is 11.8 Å². The SMILES string of the molecule is CCC1C(=O)N2CCCCC2C(=O)N1C(C)CCSC. The number of hydrogen-bond acceptors (Lipinski definition) is 3. The first-order valence-corrected chi connectivity index (χ1v) is 9.12. The Labute approximate surface area is 126 Å². The fourth-order valence-corrected chi connectivity index (χ4v) is 3.99. The highest BCUT2D eigenvalue weighted by Crippen LogP contribution is 2.29. The van der Waals surface area contributed by atoms with Crippen molar-refractivity contribution in [2.75, 3.05) is 18.6 Å². The van der Waals surface area contributed by atoms with Gasteiger partial charge in [0.25, 0.3) is 0 Å². The van der Waals surface area contributed by atoms with Crippen LogP contribution in [-0.4, -0.2) is 58.3 Å². The van der Waals surface area contributed by atoms with Crippen LogP contribution in [0.4, 0.5) is 0 Å². The lowest BCUT2D eigenvalue weighted by Gasteiger charge is -2.49. The van der Waals surface area contributed by atoms with Gasteiger partial charge in [0, 0.05) is 12.6 Å². The number of carbonyl (C=O) groups excluding carboxylic acids is 2. The zero-order valence-corrected chi connectivity index (χ0v) is 13.6. The summed E-state index contributed by atoms with van der Waals surface area (Å²) in [6, 6.07) is -0.266. The molecule has 114 valence electrons. The average Bonchev–Trinajstić information content (AvgIpc) is 2.48. The van der Waals surface area contributed by atoms with E-state index >= 15 is 0 Å². The maximum Gasteiger partial charge on any atom is 0.246 e. The molecule has 20 heavy (non-hydrogen) atoms. The Morgan fingerprint density at radius 1 is 1.30 bits per heavy atom. The lowest BCUT2D eigenvalue weighted by atomic mass is 9.93. The predicted molar refractivity (Wildman–Crippen MR) is 82.7 cm³/mol. The fraction of sp³-hybridized carbons (Fsp3) is 0.867. The van der Waals surface area contributed by atoms with Crippen LogP contribution in [0.15, 0.2) is 0 Å². The van der Waals surface area contributed by atoms with E-state index < -0.39 is 0 Å². The molecule has 3 atom stereocenters. The standard InChI is InChI=1S/C15H26N2O2S/c1-4-12-14(18)16-9-6-5-7-13(16)15(19)17(12)11(2)8-10-20-3/h11-13H,4-10H2,1-3H3. The summed E-state index contributed by atoms with van der Waals surface area (Å²) < 4.78 is 0. The lowest BCUT2D eigenvalue weighted by Crippen LogP contribution is -2.67. The Kier molecular flexibility index (Phi) is 5.35. The summed E-state index contributed by atoms with van der Waals surface area (Å²) in [7, 11) is 0. The fourth-order valence-electron chi connectivity index (χ4n) is 3.41. The van der Waals surface area contributed by atoms with Crippen molar-refractivity contribution in [3.63, 3.8) is 0 Å². The molecule has 2 amide bonds. The number of nitrogens with zero attached hydrogens (tertiary/aromatic N) is 2. The number of hydrogen-bond donors (Lipinski definition) is 0. The van der Waals surface area contributed by atoms with E-state index in [0.29, 0.717) is 0 Å². The van der Waals surface area contributed by atoms with E-state index in [0.717, 1.165) is 44.4 Å². The second-order valence-electron chi connectivity index (χ2n) is 5.84. The van der Waals surface area contributed by atoms with Gasteiger partial charge in [-0.1, -0.05) is 6.92 Å². The summed E-state index contributed by atoms with van der Waals surface area (Å²) in [5.41, 5.74) is 0. The normalized spacial score (nSPS) is 28.6. The number of piperazine rings is 1. The van der Waals surface area contributed by atoms with Crippen LogP contribution in [0, 0.1) is 0 Å². The molecule has 4 nitrogen and oxygen atoms in total. The predicted octanol–water partition coefficient (Wildman–Crippen LogP) is 2.13.